The minimum Gasteiger partial charge on any atom is -0.388 e. The molecule has 5 rings (SSSR count). The highest BCUT2D eigenvalue weighted by atomic mass is 19.1. The Morgan fingerprint density at radius 3 is 2.87 bits per heavy atom. The molecular weight excluding hydrogens is 505 g/mol. The fourth-order valence-corrected chi connectivity index (χ4v) is 4.41. The molecule has 206 valence electrons. The van der Waals surface area contributed by atoms with Gasteiger partial charge in [-0.1, -0.05) is 17.3 Å². The first-order valence-corrected chi connectivity index (χ1v) is 12.9. The van der Waals surface area contributed by atoms with E-state index in [2.05, 4.69) is 20.4 Å². The molecule has 11 heteroatoms. The van der Waals surface area contributed by atoms with Gasteiger partial charge in [-0.25, -0.2) is 9.37 Å². The molecule has 2 N–H and O–H groups in total. The number of ether oxygens (including phenoxy) is 2. The van der Waals surface area contributed by atoms with E-state index in [1.165, 1.54) is 6.20 Å². The largest absolute Gasteiger partial charge is 0.388 e. The van der Waals surface area contributed by atoms with Crippen LogP contribution in [0.25, 0.3) is 17.0 Å². The van der Waals surface area contributed by atoms with Gasteiger partial charge in [0.2, 0.25) is 11.7 Å². The van der Waals surface area contributed by atoms with E-state index in [0.717, 1.165) is 24.0 Å². The summed E-state index contributed by atoms with van der Waals surface area (Å²) in [5, 5.41) is 16.9. The molecule has 1 saturated carbocycles. The number of hydrogen-bond acceptors (Lipinski definition) is 8. The van der Waals surface area contributed by atoms with Crippen molar-refractivity contribution in [1.29, 1.82) is 0 Å². The Bertz CT molecular complexity index is 1450. The van der Waals surface area contributed by atoms with Gasteiger partial charge in [-0.2, -0.15) is 4.98 Å². The summed E-state index contributed by atoms with van der Waals surface area (Å²) >= 11 is 0. The lowest BCUT2D eigenvalue weighted by molar-refractivity contribution is -0.0268. The molecule has 0 aliphatic heterocycles. The Morgan fingerprint density at radius 2 is 2.10 bits per heavy atom. The van der Waals surface area contributed by atoms with Gasteiger partial charge in [0, 0.05) is 23.4 Å². The minimum absolute atomic E-state index is 0.0283. The van der Waals surface area contributed by atoms with Crippen molar-refractivity contribution in [3.05, 3.63) is 65.4 Å². The summed E-state index contributed by atoms with van der Waals surface area (Å²) in [5.41, 5.74) is 3.19. The van der Waals surface area contributed by atoms with Gasteiger partial charge < -0.3 is 24.4 Å². The Kier molecular flexibility index (Phi) is 7.74. The number of hydrogen-bond donors (Lipinski definition) is 2. The predicted molar refractivity (Wildman–Crippen MR) is 141 cm³/mol. The zero-order chi connectivity index (χ0) is 27.6. The van der Waals surface area contributed by atoms with Crippen molar-refractivity contribution in [2.24, 2.45) is 0 Å². The van der Waals surface area contributed by atoms with Crippen molar-refractivity contribution >= 4 is 17.2 Å². The average molecular weight is 538 g/mol. The van der Waals surface area contributed by atoms with Crippen LogP contribution < -0.4 is 5.32 Å². The number of benzene rings is 1. The van der Waals surface area contributed by atoms with Crippen LogP contribution in [0.3, 0.4) is 0 Å². The molecule has 1 aliphatic rings. The van der Waals surface area contributed by atoms with E-state index in [1.807, 2.05) is 37.3 Å². The van der Waals surface area contributed by atoms with Crippen molar-refractivity contribution in [3.63, 3.8) is 0 Å². The zero-order valence-electron chi connectivity index (χ0n) is 22.2. The summed E-state index contributed by atoms with van der Waals surface area (Å²) in [6, 6.07) is 9.28. The van der Waals surface area contributed by atoms with Gasteiger partial charge >= 0.3 is 0 Å². The number of imidazole rings is 1. The van der Waals surface area contributed by atoms with Crippen LogP contribution in [-0.2, 0) is 16.1 Å². The number of amides is 1. The number of anilines is 1. The maximum Gasteiger partial charge on any atom is 0.274 e. The lowest BCUT2D eigenvalue weighted by atomic mass is 9.82. The molecule has 0 saturated heterocycles. The van der Waals surface area contributed by atoms with Crippen LogP contribution in [0.2, 0.25) is 0 Å². The van der Waals surface area contributed by atoms with E-state index in [1.54, 1.807) is 24.4 Å². The molecule has 0 radical (unpaired) electrons. The molecule has 0 bridgehead atoms. The molecular formula is C28H32FN5O5. The number of rotatable bonds is 11. The highest BCUT2D eigenvalue weighted by molar-refractivity contribution is 6.04. The summed E-state index contributed by atoms with van der Waals surface area (Å²) in [4.78, 5) is 22.1. The summed E-state index contributed by atoms with van der Waals surface area (Å²) < 4.78 is 30.4. The first kappa shape index (κ1) is 26.9. The Balaban J connectivity index is 1.25. The van der Waals surface area contributed by atoms with Crippen LogP contribution in [0.5, 0.6) is 0 Å². The molecule has 4 aromatic rings. The van der Waals surface area contributed by atoms with Crippen LogP contribution in [0.4, 0.5) is 10.1 Å². The summed E-state index contributed by atoms with van der Waals surface area (Å²) in [6.45, 7) is 5.43. The number of carbonyl (C=O) groups is 1. The number of nitrogens with zero attached hydrogens (tertiary/aromatic N) is 4. The molecule has 1 aromatic carbocycles. The number of pyridine rings is 1. The highest BCUT2D eigenvalue weighted by Gasteiger charge is 2.35. The molecule has 10 nitrogen and oxygen atoms in total. The second kappa shape index (κ2) is 11.2. The van der Waals surface area contributed by atoms with E-state index in [-0.39, 0.29) is 31.1 Å². The standard InChI is InChI=1S/C28H32FN5O5/c1-17-4-5-19(25-32-27(39-33-25)20-11-21(12-20)38-9-7-29)13-22(17)31-26(35)23-14-30-24-10-18(6-8-34(23)24)15-37-16-28(2,3)36/h4-6,8,10,13-14,20-21,36H,7,9,11-12,15-16H2,1-3H3,(H,31,35). The Labute approximate surface area is 225 Å². The van der Waals surface area contributed by atoms with Crippen LogP contribution in [0.1, 0.15) is 60.1 Å². The third kappa shape index (κ3) is 6.32. The van der Waals surface area contributed by atoms with Gasteiger partial charge in [0.25, 0.3) is 5.91 Å². The van der Waals surface area contributed by atoms with E-state index < -0.39 is 12.3 Å². The fraction of sp³-hybridized carbons (Fsp3) is 0.429. The van der Waals surface area contributed by atoms with Crippen molar-refractivity contribution in [2.45, 2.75) is 57.8 Å². The molecule has 1 amide bonds. The number of nitrogens with one attached hydrogen (secondary N) is 1. The van der Waals surface area contributed by atoms with E-state index >= 15 is 0 Å². The lowest BCUT2D eigenvalue weighted by Crippen LogP contribution is -2.30. The second-order valence-corrected chi connectivity index (χ2v) is 10.5. The van der Waals surface area contributed by atoms with Crippen LogP contribution in [-0.4, -0.2) is 62.1 Å². The third-order valence-electron chi connectivity index (χ3n) is 6.59. The molecule has 3 aromatic heterocycles. The first-order chi connectivity index (χ1) is 18.7. The van der Waals surface area contributed by atoms with Gasteiger partial charge in [-0.05, 0) is 62.9 Å². The Hall–Kier alpha value is -3.67. The van der Waals surface area contributed by atoms with Crippen molar-refractivity contribution in [2.75, 3.05) is 25.2 Å². The summed E-state index contributed by atoms with van der Waals surface area (Å²) in [7, 11) is 0. The maximum absolute atomic E-state index is 13.2. The smallest absolute Gasteiger partial charge is 0.274 e. The van der Waals surface area contributed by atoms with E-state index in [0.29, 0.717) is 40.9 Å². The Morgan fingerprint density at radius 1 is 1.28 bits per heavy atom. The maximum atomic E-state index is 13.2. The molecule has 0 spiro atoms. The van der Waals surface area contributed by atoms with Crippen molar-refractivity contribution in [1.82, 2.24) is 19.5 Å². The zero-order valence-corrected chi connectivity index (χ0v) is 22.2. The van der Waals surface area contributed by atoms with Gasteiger partial charge in [0.15, 0.2) is 0 Å². The minimum atomic E-state index is -0.906. The lowest BCUT2D eigenvalue weighted by Gasteiger charge is -2.32. The normalized spacial score (nSPS) is 17.4. The fourth-order valence-electron chi connectivity index (χ4n) is 4.41. The summed E-state index contributed by atoms with van der Waals surface area (Å²) in [5.74, 6) is 0.759. The highest BCUT2D eigenvalue weighted by Crippen LogP contribution is 2.38. The topological polar surface area (TPSA) is 124 Å². The number of halogens is 1. The molecule has 0 atom stereocenters. The monoisotopic (exact) mass is 537 g/mol. The number of aliphatic hydroxyl groups is 1. The summed E-state index contributed by atoms with van der Waals surface area (Å²) in [6.07, 6.45) is 4.79. The van der Waals surface area contributed by atoms with E-state index in [4.69, 9.17) is 14.0 Å². The second-order valence-electron chi connectivity index (χ2n) is 10.5. The van der Waals surface area contributed by atoms with Gasteiger partial charge in [0.05, 0.1) is 37.7 Å². The van der Waals surface area contributed by atoms with Gasteiger partial charge in [-0.15, -0.1) is 0 Å². The quantitative estimate of drug-likeness (QED) is 0.287. The molecule has 3 heterocycles. The predicted octanol–water partition coefficient (Wildman–Crippen LogP) is 4.46. The van der Waals surface area contributed by atoms with Gasteiger partial charge in [0.1, 0.15) is 18.0 Å². The number of fused-ring (bicyclic) bond motifs is 1. The SMILES string of the molecule is Cc1ccc(-c2noc(C3CC(OCCF)C3)n2)cc1NC(=O)c1cnc2cc(COCC(C)(C)O)ccn12. The molecule has 1 aliphatic carbocycles. The molecule has 0 unspecified atom stereocenters. The third-order valence-corrected chi connectivity index (χ3v) is 6.59. The van der Waals surface area contributed by atoms with Gasteiger partial charge in [-0.3, -0.25) is 9.20 Å². The molecule has 39 heavy (non-hydrogen) atoms. The number of aryl methyl sites for hydroxylation is 1. The van der Waals surface area contributed by atoms with Crippen LogP contribution >= 0.6 is 0 Å². The number of aromatic nitrogens is 4. The number of carbonyl (C=O) groups excluding carboxylic acids is 1. The van der Waals surface area contributed by atoms with Crippen molar-refractivity contribution in [3.8, 4) is 11.4 Å². The first-order valence-electron chi connectivity index (χ1n) is 12.9. The van der Waals surface area contributed by atoms with E-state index in [9.17, 15) is 14.3 Å². The van der Waals surface area contributed by atoms with Crippen LogP contribution in [0.15, 0.2) is 47.2 Å². The van der Waals surface area contributed by atoms with Crippen molar-refractivity contribution < 1.29 is 28.3 Å². The van der Waals surface area contributed by atoms with Crippen LogP contribution in [0, 0.1) is 6.92 Å². The number of alkyl halides is 1. The molecule has 1 fully saturated rings. The average Bonchev–Trinajstić information content (AvgIpc) is 3.51.